The summed E-state index contributed by atoms with van der Waals surface area (Å²) in [6.07, 6.45) is -1.88. The van der Waals surface area contributed by atoms with Gasteiger partial charge >= 0.3 is 6.09 Å². The van der Waals surface area contributed by atoms with Gasteiger partial charge in [-0.25, -0.2) is 18.2 Å². The second kappa shape index (κ2) is 13.8. The summed E-state index contributed by atoms with van der Waals surface area (Å²) < 4.78 is 39.6. The molecular formula is C33H36N4O8S. The van der Waals surface area contributed by atoms with E-state index in [-0.39, 0.29) is 42.7 Å². The molecular weight excluding hydrogens is 612 g/mol. The van der Waals surface area contributed by atoms with Gasteiger partial charge in [0.05, 0.1) is 23.6 Å². The molecule has 1 fully saturated rings. The standard InChI is InChI=1S/C33H36N4O8S/c1-21(2)17-36(46(42,43)26-12-13-27-30(16-26)44-20-34-27)18-29(39)28(14-23-8-5-4-6-9-23)35-32(40)31-19-37(33(41)45-31)25-11-7-10-24(15-25)22(3)38/h4-13,15-16,20-21,28-29,31,39H,14,17-19H2,1-3H3,(H,35,40)/t28-,29+,31-/m0/s1. The number of Topliss-reactive ketones (excluding diaryl/α,β-unsaturated/α-hetero) is 1. The van der Waals surface area contributed by atoms with E-state index in [4.69, 9.17) is 9.15 Å². The van der Waals surface area contributed by atoms with Gasteiger partial charge in [-0.3, -0.25) is 14.5 Å². The molecule has 3 aromatic carbocycles. The van der Waals surface area contributed by atoms with Crippen molar-refractivity contribution in [3.63, 3.8) is 0 Å². The van der Waals surface area contributed by atoms with Gasteiger partial charge in [-0.1, -0.05) is 56.3 Å². The molecule has 1 aliphatic rings. The normalized spacial score (nSPS) is 16.5. The number of ether oxygens (including phenoxy) is 1. The van der Waals surface area contributed by atoms with Crippen molar-refractivity contribution in [2.75, 3.05) is 24.5 Å². The van der Waals surface area contributed by atoms with Crippen LogP contribution in [0.15, 0.2) is 88.5 Å². The quantitative estimate of drug-likeness (QED) is 0.206. The maximum absolute atomic E-state index is 13.8. The van der Waals surface area contributed by atoms with Crippen molar-refractivity contribution in [2.45, 2.75) is 50.3 Å². The van der Waals surface area contributed by atoms with Crippen LogP contribution in [-0.2, 0) is 26.0 Å². The number of sulfonamides is 1. The number of ketones is 1. The number of aliphatic hydroxyl groups excluding tert-OH is 1. The van der Waals surface area contributed by atoms with E-state index >= 15 is 0 Å². The lowest BCUT2D eigenvalue weighted by molar-refractivity contribution is -0.129. The Balaban J connectivity index is 1.36. The van der Waals surface area contributed by atoms with Crippen molar-refractivity contribution < 1.29 is 37.1 Å². The Morgan fingerprint density at radius 3 is 2.54 bits per heavy atom. The van der Waals surface area contributed by atoms with E-state index in [0.29, 0.717) is 22.4 Å². The fraction of sp³-hybridized carbons (Fsp3) is 0.333. The molecule has 0 spiro atoms. The molecule has 0 bridgehead atoms. The minimum absolute atomic E-state index is 0.0138. The molecule has 0 unspecified atom stereocenters. The van der Waals surface area contributed by atoms with Crippen molar-refractivity contribution in [1.82, 2.24) is 14.6 Å². The number of hydrogen-bond donors (Lipinski definition) is 2. The smallest absolute Gasteiger partial charge is 0.415 e. The lowest BCUT2D eigenvalue weighted by atomic mass is 10.0. The number of amides is 2. The zero-order valence-corrected chi connectivity index (χ0v) is 26.5. The van der Waals surface area contributed by atoms with Gasteiger partial charge < -0.3 is 19.6 Å². The van der Waals surface area contributed by atoms with Crippen LogP contribution in [0.2, 0.25) is 0 Å². The highest BCUT2D eigenvalue weighted by Crippen LogP contribution is 2.25. The number of aromatic nitrogens is 1. The maximum atomic E-state index is 13.8. The molecule has 0 saturated carbocycles. The van der Waals surface area contributed by atoms with E-state index < -0.39 is 40.3 Å². The summed E-state index contributed by atoms with van der Waals surface area (Å²) in [6, 6.07) is 19.1. The van der Waals surface area contributed by atoms with E-state index in [1.165, 1.54) is 34.7 Å². The van der Waals surface area contributed by atoms with E-state index in [1.54, 1.807) is 30.3 Å². The van der Waals surface area contributed by atoms with Crippen LogP contribution in [0.25, 0.3) is 11.1 Å². The summed E-state index contributed by atoms with van der Waals surface area (Å²) in [7, 11) is -4.09. The number of oxazole rings is 1. The number of cyclic esters (lactones) is 1. The summed E-state index contributed by atoms with van der Waals surface area (Å²) >= 11 is 0. The van der Waals surface area contributed by atoms with Gasteiger partial charge in [-0.05, 0) is 49.1 Å². The second-order valence-corrected chi connectivity index (χ2v) is 13.6. The van der Waals surface area contributed by atoms with Crippen LogP contribution in [0, 0.1) is 5.92 Å². The Hall–Kier alpha value is -4.59. The zero-order chi connectivity index (χ0) is 33.0. The summed E-state index contributed by atoms with van der Waals surface area (Å²) in [5, 5.41) is 14.4. The molecule has 0 aliphatic carbocycles. The van der Waals surface area contributed by atoms with Crippen molar-refractivity contribution in [1.29, 1.82) is 0 Å². The topological polar surface area (TPSA) is 159 Å². The summed E-state index contributed by atoms with van der Waals surface area (Å²) in [5.74, 6) is -0.898. The van der Waals surface area contributed by atoms with Crippen LogP contribution < -0.4 is 10.2 Å². The SMILES string of the molecule is CC(=O)c1cccc(N2C[C@@H](C(=O)N[C@@H](Cc3ccccc3)[C@H](O)CN(CC(C)C)S(=O)(=O)c3ccc4ncoc4c3)OC2=O)c1. The van der Waals surface area contributed by atoms with Crippen LogP contribution in [-0.4, -0.2) is 78.5 Å². The van der Waals surface area contributed by atoms with Crippen LogP contribution in [0.4, 0.5) is 10.5 Å². The van der Waals surface area contributed by atoms with Gasteiger partial charge in [0.25, 0.3) is 5.91 Å². The first-order valence-electron chi connectivity index (χ1n) is 14.9. The van der Waals surface area contributed by atoms with Crippen molar-refractivity contribution in [2.24, 2.45) is 5.92 Å². The molecule has 3 atom stereocenters. The molecule has 2 amide bonds. The summed E-state index contributed by atoms with van der Waals surface area (Å²) in [5.41, 5.74) is 2.44. The average Bonchev–Trinajstić information content (AvgIpc) is 3.67. The van der Waals surface area contributed by atoms with Crippen molar-refractivity contribution in [3.05, 3.63) is 90.3 Å². The molecule has 0 radical (unpaired) electrons. The molecule has 46 heavy (non-hydrogen) atoms. The molecule has 242 valence electrons. The summed E-state index contributed by atoms with van der Waals surface area (Å²) in [6.45, 7) is 4.82. The number of hydrogen-bond acceptors (Lipinski definition) is 9. The predicted molar refractivity (Wildman–Crippen MR) is 170 cm³/mol. The van der Waals surface area contributed by atoms with Gasteiger partial charge in [0.15, 0.2) is 23.9 Å². The molecule has 12 nitrogen and oxygen atoms in total. The van der Waals surface area contributed by atoms with E-state index in [2.05, 4.69) is 10.3 Å². The fourth-order valence-corrected chi connectivity index (χ4v) is 6.93. The molecule has 1 saturated heterocycles. The molecule has 1 aromatic heterocycles. The first-order valence-corrected chi connectivity index (χ1v) is 16.3. The van der Waals surface area contributed by atoms with Gasteiger partial charge in [-0.2, -0.15) is 4.31 Å². The van der Waals surface area contributed by atoms with Crippen molar-refractivity contribution in [3.8, 4) is 0 Å². The largest absolute Gasteiger partial charge is 0.443 e. The molecule has 4 aromatic rings. The number of benzene rings is 3. The monoisotopic (exact) mass is 648 g/mol. The zero-order valence-electron chi connectivity index (χ0n) is 25.7. The number of carbonyl (C=O) groups excluding carboxylic acids is 3. The summed E-state index contributed by atoms with van der Waals surface area (Å²) in [4.78, 5) is 43.4. The van der Waals surface area contributed by atoms with Gasteiger partial charge in [0, 0.05) is 30.4 Å². The minimum atomic E-state index is -4.09. The fourth-order valence-electron chi connectivity index (χ4n) is 5.29. The third-order valence-corrected chi connectivity index (χ3v) is 9.49. The highest BCUT2D eigenvalue weighted by Gasteiger charge is 2.39. The molecule has 13 heteroatoms. The number of fused-ring (bicyclic) bond motifs is 1. The Bertz CT molecular complexity index is 1830. The number of anilines is 1. The maximum Gasteiger partial charge on any atom is 0.415 e. The Labute approximate surface area is 267 Å². The highest BCUT2D eigenvalue weighted by atomic mass is 32.2. The van der Waals surface area contributed by atoms with Crippen LogP contribution >= 0.6 is 0 Å². The molecule has 2 heterocycles. The third-order valence-electron chi connectivity index (χ3n) is 7.66. The first-order chi connectivity index (χ1) is 21.9. The van der Waals surface area contributed by atoms with E-state index in [9.17, 15) is 27.9 Å². The number of rotatable bonds is 13. The molecule has 2 N–H and O–H groups in total. The van der Waals surface area contributed by atoms with Crippen LogP contribution in [0.3, 0.4) is 0 Å². The highest BCUT2D eigenvalue weighted by molar-refractivity contribution is 7.89. The Kier molecular flexibility index (Phi) is 9.85. The van der Waals surface area contributed by atoms with E-state index in [0.717, 1.165) is 5.56 Å². The second-order valence-electron chi connectivity index (χ2n) is 11.7. The van der Waals surface area contributed by atoms with E-state index in [1.807, 2.05) is 44.2 Å². The van der Waals surface area contributed by atoms with Gasteiger partial charge in [0.1, 0.15) is 5.52 Å². The number of nitrogens with zero attached hydrogens (tertiary/aromatic N) is 3. The van der Waals surface area contributed by atoms with Crippen molar-refractivity contribution >= 4 is 44.6 Å². The number of aliphatic hydroxyl groups is 1. The van der Waals surface area contributed by atoms with Gasteiger partial charge in [-0.15, -0.1) is 0 Å². The third kappa shape index (κ3) is 7.44. The minimum Gasteiger partial charge on any atom is -0.443 e. The van der Waals surface area contributed by atoms with Crippen LogP contribution in [0.5, 0.6) is 0 Å². The van der Waals surface area contributed by atoms with Crippen LogP contribution in [0.1, 0.15) is 36.7 Å². The predicted octanol–water partition coefficient (Wildman–Crippen LogP) is 3.79. The lowest BCUT2D eigenvalue weighted by Gasteiger charge is -2.31. The lowest BCUT2D eigenvalue weighted by Crippen LogP contribution is -2.53. The Morgan fingerprint density at radius 1 is 1.07 bits per heavy atom. The number of carbonyl (C=O) groups is 3. The first kappa shape index (κ1) is 32.8. The number of nitrogens with one attached hydrogen (secondary N) is 1. The molecule has 1 aliphatic heterocycles. The Morgan fingerprint density at radius 2 is 1.83 bits per heavy atom. The molecule has 5 rings (SSSR count). The average molecular weight is 649 g/mol. The van der Waals surface area contributed by atoms with Gasteiger partial charge in [0.2, 0.25) is 10.0 Å².